The lowest BCUT2D eigenvalue weighted by Gasteiger charge is -2.10. The van der Waals surface area contributed by atoms with Gasteiger partial charge in [-0.1, -0.05) is 0 Å². The van der Waals surface area contributed by atoms with Gasteiger partial charge in [-0.25, -0.2) is 9.37 Å². The number of rotatable bonds is 4. The Hall–Kier alpha value is -1.88. The standard InChI is InChI=1S/C15H16ClFN4/c1-10(16)15-19-13-4-3-11(17)9-14(13)21(15)8-6-12-5-7-18-20(12)2/h3-5,7,9-10H,6,8H2,1-2H3. The van der Waals surface area contributed by atoms with Crippen LogP contribution < -0.4 is 0 Å². The van der Waals surface area contributed by atoms with Gasteiger partial charge in [0.25, 0.3) is 0 Å². The molecule has 0 aliphatic carbocycles. The maximum Gasteiger partial charge on any atom is 0.127 e. The van der Waals surface area contributed by atoms with E-state index in [1.165, 1.54) is 12.1 Å². The van der Waals surface area contributed by atoms with E-state index in [-0.39, 0.29) is 11.2 Å². The van der Waals surface area contributed by atoms with Gasteiger partial charge in [0.1, 0.15) is 11.6 Å². The van der Waals surface area contributed by atoms with Crippen LogP contribution in [0.3, 0.4) is 0 Å². The first kappa shape index (κ1) is 14.1. The highest BCUT2D eigenvalue weighted by Gasteiger charge is 2.15. The number of hydrogen-bond acceptors (Lipinski definition) is 2. The Kier molecular flexibility index (Phi) is 3.68. The smallest absolute Gasteiger partial charge is 0.127 e. The quantitative estimate of drug-likeness (QED) is 0.692. The van der Waals surface area contributed by atoms with Crippen LogP contribution in [0.15, 0.2) is 30.5 Å². The van der Waals surface area contributed by atoms with Crippen molar-refractivity contribution in [1.82, 2.24) is 19.3 Å². The number of alkyl halides is 1. The van der Waals surface area contributed by atoms with Gasteiger partial charge < -0.3 is 4.57 Å². The van der Waals surface area contributed by atoms with Gasteiger partial charge in [0.15, 0.2) is 0 Å². The molecule has 1 aromatic carbocycles. The summed E-state index contributed by atoms with van der Waals surface area (Å²) >= 11 is 6.22. The largest absolute Gasteiger partial charge is 0.326 e. The van der Waals surface area contributed by atoms with E-state index < -0.39 is 0 Å². The van der Waals surface area contributed by atoms with Crippen molar-refractivity contribution >= 4 is 22.6 Å². The Bertz CT molecular complexity index is 775. The average Bonchev–Trinajstić information content (AvgIpc) is 3.00. The Balaban J connectivity index is 2.00. The van der Waals surface area contributed by atoms with Gasteiger partial charge >= 0.3 is 0 Å². The molecule has 2 heterocycles. The first-order valence-electron chi connectivity index (χ1n) is 6.83. The van der Waals surface area contributed by atoms with E-state index in [4.69, 9.17) is 11.6 Å². The fourth-order valence-corrected chi connectivity index (χ4v) is 2.69. The number of aromatic nitrogens is 4. The van der Waals surface area contributed by atoms with E-state index in [0.29, 0.717) is 6.54 Å². The van der Waals surface area contributed by atoms with Crippen molar-refractivity contribution in [1.29, 1.82) is 0 Å². The summed E-state index contributed by atoms with van der Waals surface area (Å²) in [6.07, 6.45) is 2.56. The summed E-state index contributed by atoms with van der Waals surface area (Å²) in [5.41, 5.74) is 2.66. The molecule has 6 heteroatoms. The normalized spacial score (nSPS) is 13.0. The summed E-state index contributed by atoms with van der Waals surface area (Å²) in [6, 6.07) is 6.59. The van der Waals surface area contributed by atoms with E-state index in [1.54, 1.807) is 12.3 Å². The summed E-state index contributed by atoms with van der Waals surface area (Å²) < 4.78 is 17.3. The second-order valence-corrected chi connectivity index (χ2v) is 5.72. The zero-order valence-corrected chi connectivity index (χ0v) is 12.7. The molecule has 0 saturated carbocycles. The predicted octanol–water partition coefficient (Wildman–Crippen LogP) is 3.45. The number of nitrogens with zero attached hydrogens (tertiary/aromatic N) is 4. The lowest BCUT2D eigenvalue weighted by atomic mass is 10.2. The first-order valence-corrected chi connectivity index (χ1v) is 7.26. The summed E-state index contributed by atoms with van der Waals surface area (Å²) in [6.45, 7) is 2.56. The molecule has 0 bridgehead atoms. The van der Waals surface area contributed by atoms with Crippen LogP contribution in [-0.2, 0) is 20.0 Å². The summed E-state index contributed by atoms with van der Waals surface area (Å²) in [5, 5.41) is 3.93. The molecule has 1 atom stereocenters. The van der Waals surface area contributed by atoms with Crippen LogP contribution in [0, 0.1) is 5.82 Å². The van der Waals surface area contributed by atoms with Crippen molar-refractivity contribution in [3.05, 3.63) is 47.8 Å². The third-order valence-corrected chi connectivity index (χ3v) is 3.80. The molecule has 0 fully saturated rings. The van der Waals surface area contributed by atoms with Gasteiger partial charge in [-0.15, -0.1) is 11.6 Å². The van der Waals surface area contributed by atoms with Crippen molar-refractivity contribution in [3.63, 3.8) is 0 Å². The number of benzene rings is 1. The second-order valence-electron chi connectivity index (χ2n) is 5.07. The maximum absolute atomic E-state index is 13.5. The molecule has 110 valence electrons. The highest BCUT2D eigenvalue weighted by Crippen LogP contribution is 2.25. The average molecular weight is 307 g/mol. The van der Waals surface area contributed by atoms with E-state index in [2.05, 4.69) is 10.1 Å². The molecule has 0 spiro atoms. The number of halogens is 2. The van der Waals surface area contributed by atoms with Crippen LogP contribution in [0.1, 0.15) is 23.8 Å². The zero-order valence-electron chi connectivity index (χ0n) is 11.9. The van der Waals surface area contributed by atoms with Crippen LogP contribution in [0.2, 0.25) is 0 Å². The predicted molar refractivity (Wildman–Crippen MR) is 80.9 cm³/mol. The number of aryl methyl sites for hydroxylation is 3. The highest BCUT2D eigenvalue weighted by molar-refractivity contribution is 6.20. The molecular formula is C15H16ClFN4. The zero-order chi connectivity index (χ0) is 15.0. The van der Waals surface area contributed by atoms with Gasteiger partial charge in [-0.3, -0.25) is 4.68 Å². The lowest BCUT2D eigenvalue weighted by molar-refractivity contribution is 0.616. The summed E-state index contributed by atoms with van der Waals surface area (Å²) in [4.78, 5) is 4.52. The van der Waals surface area contributed by atoms with E-state index in [9.17, 15) is 4.39 Å². The van der Waals surface area contributed by atoms with Crippen LogP contribution in [0.5, 0.6) is 0 Å². The Morgan fingerprint density at radius 3 is 2.81 bits per heavy atom. The molecule has 0 aliphatic rings. The second kappa shape index (κ2) is 5.48. The van der Waals surface area contributed by atoms with Crippen LogP contribution in [-0.4, -0.2) is 19.3 Å². The van der Waals surface area contributed by atoms with E-state index in [0.717, 1.165) is 29.0 Å². The van der Waals surface area contributed by atoms with Gasteiger partial charge in [0.2, 0.25) is 0 Å². The van der Waals surface area contributed by atoms with Crippen molar-refractivity contribution in [2.75, 3.05) is 0 Å². The first-order chi connectivity index (χ1) is 10.1. The third-order valence-electron chi connectivity index (χ3n) is 3.61. The minimum absolute atomic E-state index is 0.230. The van der Waals surface area contributed by atoms with Crippen LogP contribution >= 0.6 is 11.6 Å². The number of fused-ring (bicyclic) bond motifs is 1. The fourth-order valence-electron chi connectivity index (χ4n) is 2.53. The SMILES string of the molecule is CC(Cl)c1nc2ccc(F)cc2n1CCc1ccnn1C. The maximum atomic E-state index is 13.5. The molecule has 0 N–H and O–H groups in total. The molecule has 0 radical (unpaired) electrons. The summed E-state index contributed by atoms with van der Waals surface area (Å²) in [7, 11) is 1.91. The molecular weight excluding hydrogens is 291 g/mol. The highest BCUT2D eigenvalue weighted by atomic mass is 35.5. The minimum Gasteiger partial charge on any atom is -0.326 e. The van der Waals surface area contributed by atoms with Crippen molar-refractivity contribution in [3.8, 4) is 0 Å². The Morgan fingerprint density at radius 1 is 1.33 bits per heavy atom. The molecule has 2 aromatic heterocycles. The number of imidazole rings is 1. The molecule has 4 nitrogen and oxygen atoms in total. The molecule has 3 rings (SSSR count). The molecule has 0 amide bonds. The van der Waals surface area contributed by atoms with Crippen LogP contribution in [0.25, 0.3) is 11.0 Å². The minimum atomic E-state index is -0.266. The molecule has 0 saturated heterocycles. The van der Waals surface area contributed by atoms with E-state index in [1.807, 2.05) is 29.3 Å². The lowest BCUT2D eigenvalue weighted by Crippen LogP contribution is -2.09. The van der Waals surface area contributed by atoms with Gasteiger partial charge in [-0.2, -0.15) is 5.10 Å². The topological polar surface area (TPSA) is 35.6 Å². The Labute approximate surface area is 127 Å². The Morgan fingerprint density at radius 2 is 2.14 bits per heavy atom. The fraction of sp³-hybridized carbons (Fsp3) is 0.333. The molecule has 21 heavy (non-hydrogen) atoms. The third kappa shape index (κ3) is 2.65. The van der Waals surface area contributed by atoms with Gasteiger partial charge in [0.05, 0.1) is 16.4 Å². The summed E-state index contributed by atoms with van der Waals surface area (Å²) in [5.74, 6) is 0.498. The van der Waals surface area contributed by atoms with E-state index >= 15 is 0 Å². The monoisotopic (exact) mass is 306 g/mol. The van der Waals surface area contributed by atoms with Crippen LogP contribution in [0.4, 0.5) is 4.39 Å². The molecule has 3 aromatic rings. The molecule has 1 unspecified atom stereocenters. The van der Waals surface area contributed by atoms with Crippen molar-refractivity contribution in [2.45, 2.75) is 25.3 Å². The van der Waals surface area contributed by atoms with Crippen molar-refractivity contribution in [2.24, 2.45) is 7.05 Å². The molecule has 0 aliphatic heterocycles. The number of hydrogen-bond donors (Lipinski definition) is 0. The van der Waals surface area contributed by atoms with Gasteiger partial charge in [-0.05, 0) is 31.2 Å². The van der Waals surface area contributed by atoms with Crippen molar-refractivity contribution < 1.29 is 4.39 Å². The van der Waals surface area contributed by atoms with Gasteiger partial charge in [0, 0.05) is 31.9 Å².